The van der Waals surface area contributed by atoms with Crippen molar-refractivity contribution in [2.24, 2.45) is 0 Å². The van der Waals surface area contributed by atoms with Crippen LogP contribution in [-0.2, 0) is 10.8 Å². The molecule has 0 amide bonds. The predicted octanol–water partition coefficient (Wildman–Crippen LogP) is 1.92. The lowest BCUT2D eigenvalue weighted by atomic mass is 9.95. The zero-order valence-corrected chi connectivity index (χ0v) is 13.3. The molecule has 0 aliphatic heterocycles. The van der Waals surface area contributed by atoms with Gasteiger partial charge in [-0.1, -0.05) is 13.3 Å². The molecule has 2 aromatic rings. The molecular weight excluding hydrogens is 286 g/mol. The molecule has 1 aliphatic carbocycles. The molecule has 0 aromatic carbocycles. The van der Waals surface area contributed by atoms with E-state index in [1.54, 1.807) is 4.52 Å². The van der Waals surface area contributed by atoms with Crippen LogP contribution in [0.4, 0.5) is 5.82 Å². The number of nitrogens with zero attached hydrogens (tertiary/aromatic N) is 4. The molecule has 1 fully saturated rings. The van der Waals surface area contributed by atoms with Crippen LogP contribution in [0.2, 0.25) is 0 Å². The maximum Gasteiger partial charge on any atom is 0.254 e. The summed E-state index contributed by atoms with van der Waals surface area (Å²) >= 11 is 0. The van der Waals surface area contributed by atoms with Crippen LogP contribution >= 0.6 is 0 Å². The first-order valence-corrected chi connectivity index (χ1v) is 8.86. The molecule has 21 heavy (non-hydrogen) atoms. The summed E-state index contributed by atoms with van der Waals surface area (Å²) in [6, 6.07) is 2.33. The van der Waals surface area contributed by atoms with E-state index in [1.165, 1.54) is 6.33 Å². The van der Waals surface area contributed by atoms with E-state index in [4.69, 9.17) is 0 Å². The van der Waals surface area contributed by atoms with Gasteiger partial charge in [0, 0.05) is 39.6 Å². The van der Waals surface area contributed by atoms with Crippen molar-refractivity contribution in [1.82, 2.24) is 19.6 Å². The van der Waals surface area contributed by atoms with Gasteiger partial charge in [-0.25, -0.2) is 4.98 Å². The average Bonchev–Trinajstić information content (AvgIpc) is 2.95. The van der Waals surface area contributed by atoms with Crippen LogP contribution in [-0.4, -0.2) is 40.8 Å². The molecule has 3 rings (SSSR count). The van der Waals surface area contributed by atoms with E-state index in [0.29, 0.717) is 17.1 Å². The molecule has 6 nitrogen and oxygen atoms in total. The van der Waals surface area contributed by atoms with E-state index in [2.05, 4.69) is 20.4 Å². The Labute approximate surface area is 126 Å². The highest BCUT2D eigenvalue weighted by atomic mass is 32.2. The Balaban J connectivity index is 1.78. The molecule has 3 unspecified atom stereocenters. The van der Waals surface area contributed by atoms with E-state index in [-0.39, 0.29) is 0 Å². The number of aromatic nitrogens is 4. The number of aryl methyl sites for hydroxylation is 1. The number of nitrogens with one attached hydrogen (secondary N) is 1. The third-order valence-corrected chi connectivity index (χ3v) is 5.76. The zero-order valence-electron chi connectivity index (χ0n) is 12.5. The summed E-state index contributed by atoms with van der Waals surface area (Å²) in [5.74, 6) is 2.28. The lowest BCUT2D eigenvalue weighted by molar-refractivity contribution is 0.463. The Morgan fingerprint density at radius 2 is 2.33 bits per heavy atom. The van der Waals surface area contributed by atoms with Gasteiger partial charge in [0.25, 0.3) is 5.78 Å². The Bertz CT molecular complexity index is 656. The second kappa shape index (κ2) is 6.09. The van der Waals surface area contributed by atoms with E-state index in [9.17, 15) is 4.21 Å². The number of fused-ring (bicyclic) bond motifs is 1. The van der Waals surface area contributed by atoms with Crippen LogP contribution in [0.15, 0.2) is 12.4 Å². The normalized spacial score (nSPS) is 24.1. The molecule has 2 aromatic heterocycles. The second-order valence-electron chi connectivity index (χ2n) is 5.55. The highest BCUT2D eigenvalue weighted by Gasteiger charge is 2.26. The maximum absolute atomic E-state index is 12.0. The van der Waals surface area contributed by atoms with Gasteiger partial charge in [-0.2, -0.15) is 14.6 Å². The highest BCUT2D eigenvalue weighted by molar-refractivity contribution is 7.85. The summed E-state index contributed by atoms with van der Waals surface area (Å²) in [4.78, 5) is 8.49. The molecule has 114 valence electrons. The molecule has 0 bridgehead atoms. The average molecular weight is 307 g/mol. The van der Waals surface area contributed by atoms with Crippen molar-refractivity contribution in [2.75, 3.05) is 11.1 Å². The third-order valence-electron chi connectivity index (χ3n) is 4.01. The Hall–Kier alpha value is -1.50. The van der Waals surface area contributed by atoms with Crippen LogP contribution in [0.25, 0.3) is 5.78 Å². The Morgan fingerprint density at radius 1 is 1.48 bits per heavy atom. The Kier molecular flexibility index (Phi) is 4.19. The molecule has 1 saturated carbocycles. The highest BCUT2D eigenvalue weighted by Crippen LogP contribution is 2.25. The standard InChI is InChI=1S/C14H21N5OS/c1-3-21(20)12-6-4-5-11(8-12)18-13-7-10(2)17-14-15-9-16-19(13)14/h7,9,11-12,18H,3-6,8H2,1-2H3. The molecule has 1 aliphatic rings. The van der Waals surface area contributed by atoms with Gasteiger partial charge in [0.2, 0.25) is 0 Å². The number of hydrogen-bond acceptors (Lipinski definition) is 5. The fourth-order valence-corrected chi connectivity index (χ4v) is 4.34. The molecule has 0 radical (unpaired) electrons. The van der Waals surface area contributed by atoms with E-state index in [0.717, 1.165) is 42.9 Å². The molecule has 2 heterocycles. The van der Waals surface area contributed by atoms with Gasteiger partial charge >= 0.3 is 0 Å². The van der Waals surface area contributed by atoms with Crippen molar-refractivity contribution in [3.8, 4) is 0 Å². The fraction of sp³-hybridized carbons (Fsp3) is 0.643. The topological polar surface area (TPSA) is 72.2 Å². The van der Waals surface area contributed by atoms with Crippen molar-refractivity contribution in [2.45, 2.75) is 50.8 Å². The smallest absolute Gasteiger partial charge is 0.254 e. The largest absolute Gasteiger partial charge is 0.367 e. The van der Waals surface area contributed by atoms with E-state index < -0.39 is 10.8 Å². The van der Waals surface area contributed by atoms with Crippen molar-refractivity contribution in [3.63, 3.8) is 0 Å². The molecule has 7 heteroatoms. The van der Waals surface area contributed by atoms with Gasteiger partial charge in [-0.05, 0) is 26.2 Å². The van der Waals surface area contributed by atoms with Crippen LogP contribution in [0, 0.1) is 6.92 Å². The fourth-order valence-electron chi connectivity index (χ4n) is 2.99. The van der Waals surface area contributed by atoms with Gasteiger partial charge < -0.3 is 5.32 Å². The summed E-state index contributed by atoms with van der Waals surface area (Å²) in [5.41, 5.74) is 0.919. The summed E-state index contributed by atoms with van der Waals surface area (Å²) in [5, 5.41) is 8.08. The maximum atomic E-state index is 12.0. The molecule has 0 saturated heterocycles. The lowest BCUT2D eigenvalue weighted by Crippen LogP contribution is -2.33. The van der Waals surface area contributed by atoms with Gasteiger partial charge in [0.15, 0.2) is 0 Å². The van der Waals surface area contributed by atoms with E-state index >= 15 is 0 Å². The second-order valence-corrected chi connectivity index (χ2v) is 7.56. The van der Waals surface area contributed by atoms with Crippen LogP contribution in [0.3, 0.4) is 0 Å². The van der Waals surface area contributed by atoms with Crippen molar-refractivity contribution in [3.05, 3.63) is 18.1 Å². The van der Waals surface area contributed by atoms with Crippen molar-refractivity contribution in [1.29, 1.82) is 0 Å². The molecule has 1 N–H and O–H groups in total. The number of hydrogen-bond donors (Lipinski definition) is 1. The summed E-state index contributed by atoms with van der Waals surface area (Å²) < 4.78 is 13.8. The van der Waals surface area contributed by atoms with Gasteiger partial charge in [0.1, 0.15) is 12.1 Å². The number of anilines is 1. The van der Waals surface area contributed by atoms with Crippen LogP contribution in [0.5, 0.6) is 0 Å². The zero-order chi connectivity index (χ0) is 14.8. The number of rotatable bonds is 4. The molecule has 3 atom stereocenters. The minimum Gasteiger partial charge on any atom is -0.367 e. The van der Waals surface area contributed by atoms with Crippen molar-refractivity contribution < 1.29 is 4.21 Å². The Morgan fingerprint density at radius 3 is 3.14 bits per heavy atom. The van der Waals surface area contributed by atoms with Gasteiger partial charge in [0.05, 0.1) is 0 Å². The SMILES string of the molecule is CCS(=O)C1CCCC(Nc2cc(C)nc3ncnn23)C1. The first-order chi connectivity index (χ1) is 10.2. The van der Waals surface area contributed by atoms with Gasteiger partial charge in [-0.3, -0.25) is 4.21 Å². The first-order valence-electron chi connectivity index (χ1n) is 7.48. The summed E-state index contributed by atoms with van der Waals surface area (Å²) in [7, 11) is -0.703. The summed E-state index contributed by atoms with van der Waals surface area (Å²) in [6.07, 6.45) is 5.78. The minimum absolute atomic E-state index is 0.315. The monoisotopic (exact) mass is 307 g/mol. The van der Waals surface area contributed by atoms with Crippen LogP contribution in [0.1, 0.15) is 38.3 Å². The quantitative estimate of drug-likeness (QED) is 0.934. The predicted molar refractivity (Wildman–Crippen MR) is 83.9 cm³/mol. The van der Waals surface area contributed by atoms with E-state index in [1.807, 2.05) is 19.9 Å². The molecular formula is C14H21N5OS. The van der Waals surface area contributed by atoms with Gasteiger partial charge in [-0.15, -0.1) is 0 Å². The van der Waals surface area contributed by atoms with Crippen LogP contribution < -0.4 is 5.32 Å². The minimum atomic E-state index is -0.703. The summed E-state index contributed by atoms with van der Waals surface area (Å²) in [6.45, 7) is 3.95. The van der Waals surface area contributed by atoms with Crippen molar-refractivity contribution >= 4 is 22.4 Å². The lowest BCUT2D eigenvalue weighted by Gasteiger charge is -2.29. The molecule has 0 spiro atoms. The third kappa shape index (κ3) is 3.07. The first kappa shape index (κ1) is 14.4.